The molecule has 0 aliphatic carbocycles. The number of allylic oxidation sites excluding steroid dienone is 4. The summed E-state index contributed by atoms with van der Waals surface area (Å²) in [5.74, 6) is -0.888. The maximum absolute atomic E-state index is 12.1. The van der Waals surface area contributed by atoms with Gasteiger partial charge in [-0.2, -0.15) is 0 Å². The fourth-order valence-corrected chi connectivity index (χ4v) is 2.45. The molecule has 1 aromatic carbocycles. The van der Waals surface area contributed by atoms with Gasteiger partial charge >= 0.3 is 11.9 Å². The maximum atomic E-state index is 12.1. The lowest BCUT2D eigenvalue weighted by Crippen LogP contribution is -2.30. The second-order valence-electron chi connectivity index (χ2n) is 7.19. The summed E-state index contributed by atoms with van der Waals surface area (Å²) in [4.78, 5) is 24.2. The molecular formula is C23H32O4. The summed E-state index contributed by atoms with van der Waals surface area (Å²) >= 11 is 0. The van der Waals surface area contributed by atoms with Crippen molar-refractivity contribution in [1.82, 2.24) is 0 Å². The Hall–Kier alpha value is -2.36. The van der Waals surface area contributed by atoms with E-state index in [0.717, 1.165) is 17.6 Å². The van der Waals surface area contributed by atoms with Crippen molar-refractivity contribution in [1.29, 1.82) is 0 Å². The second kappa shape index (κ2) is 10.7. The predicted octanol–water partition coefficient (Wildman–Crippen LogP) is 5.44. The Morgan fingerprint density at radius 2 is 1.59 bits per heavy atom. The monoisotopic (exact) mass is 372 g/mol. The molecule has 27 heavy (non-hydrogen) atoms. The largest absolute Gasteiger partial charge is 0.462 e. The first kappa shape index (κ1) is 22.7. The molecule has 1 atom stereocenters. The second-order valence-corrected chi connectivity index (χ2v) is 7.19. The molecule has 0 aromatic heterocycles. The first-order valence-electron chi connectivity index (χ1n) is 9.50. The van der Waals surface area contributed by atoms with Crippen molar-refractivity contribution in [2.45, 2.75) is 48.0 Å². The first-order valence-corrected chi connectivity index (χ1v) is 9.50. The number of benzene rings is 1. The minimum Gasteiger partial charge on any atom is -0.462 e. The van der Waals surface area contributed by atoms with Crippen LogP contribution in [0.25, 0.3) is 5.57 Å². The van der Waals surface area contributed by atoms with E-state index in [9.17, 15) is 9.59 Å². The van der Waals surface area contributed by atoms with E-state index in [0.29, 0.717) is 5.56 Å². The van der Waals surface area contributed by atoms with E-state index in [4.69, 9.17) is 9.47 Å². The molecule has 1 aromatic rings. The van der Waals surface area contributed by atoms with Crippen LogP contribution in [0.4, 0.5) is 0 Å². The van der Waals surface area contributed by atoms with E-state index in [-0.39, 0.29) is 30.5 Å². The highest BCUT2D eigenvalue weighted by atomic mass is 16.6. The first-order chi connectivity index (χ1) is 12.8. The number of esters is 2. The van der Waals surface area contributed by atoms with E-state index in [1.54, 1.807) is 12.1 Å². The lowest BCUT2D eigenvalue weighted by Gasteiger charge is -2.28. The molecule has 1 rings (SSSR count). The van der Waals surface area contributed by atoms with E-state index >= 15 is 0 Å². The molecule has 0 spiro atoms. The molecule has 0 aliphatic rings. The third-order valence-electron chi connectivity index (χ3n) is 5.11. The average Bonchev–Trinajstić information content (AvgIpc) is 2.68. The zero-order chi connectivity index (χ0) is 20.4. The van der Waals surface area contributed by atoms with Gasteiger partial charge in [0.05, 0.1) is 11.5 Å². The van der Waals surface area contributed by atoms with Gasteiger partial charge in [0.1, 0.15) is 13.2 Å². The Morgan fingerprint density at radius 1 is 1.04 bits per heavy atom. The molecule has 0 N–H and O–H groups in total. The van der Waals surface area contributed by atoms with Gasteiger partial charge in [-0.25, -0.2) is 4.79 Å². The van der Waals surface area contributed by atoms with Gasteiger partial charge in [-0.15, -0.1) is 0 Å². The zero-order valence-electron chi connectivity index (χ0n) is 17.4. The van der Waals surface area contributed by atoms with Crippen molar-refractivity contribution in [3.8, 4) is 0 Å². The van der Waals surface area contributed by atoms with Crippen LogP contribution in [0.1, 0.15) is 63.9 Å². The van der Waals surface area contributed by atoms with Crippen molar-refractivity contribution < 1.29 is 19.1 Å². The highest BCUT2D eigenvalue weighted by Crippen LogP contribution is 2.30. The van der Waals surface area contributed by atoms with Gasteiger partial charge in [-0.1, -0.05) is 64.5 Å². The number of hydrogen-bond donors (Lipinski definition) is 0. The molecule has 0 saturated heterocycles. The normalized spacial score (nSPS) is 13.5. The number of rotatable bonds is 9. The summed E-state index contributed by atoms with van der Waals surface area (Å²) in [6.07, 6.45) is 6.89. The van der Waals surface area contributed by atoms with Gasteiger partial charge in [0.15, 0.2) is 0 Å². The quantitative estimate of drug-likeness (QED) is 0.329. The van der Waals surface area contributed by atoms with Crippen molar-refractivity contribution in [3.05, 3.63) is 53.6 Å². The summed E-state index contributed by atoms with van der Waals surface area (Å²) in [7, 11) is 0. The van der Waals surface area contributed by atoms with Gasteiger partial charge in [0, 0.05) is 0 Å². The third-order valence-corrected chi connectivity index (χ3v) is 5.11. The molecule has 0 saturated carbocycles. The van der Waals surface area contributed by atoms with Crippen molar-refractivity contribution >= 4 is 17.5 Å². The Balaban J connectivity index is 2.50. The Bertz CT molecular complexity index is 681. The molecule has 0 fully saturated rings. The highest BCUT2D eigenvalue weighted by Gasteiger charge is 2.30. The van der Waals surface area contributed by atoms with Crippen molar-refractivity contribution in [3.63, 3.8) is 0 Å². The van der Waals surface area contributed by atoms with E-state index < -0.39 is 5.97 Å². The van der Waals surface area contributed by atoms with E-state index in [1.165, 1.54) is 0 Å². The van der Waals surface area contributed by atoms with Gasteiger partial charge in [-0.3, -0.25) is 4.79 Å². The van der Waals surface area contributed by atoms with Crippen molar-refractivity contribution in [2.24, 2.45) is 11.3 Å². The Morgan fingerprint density at radius 3 is 2.11 bits per heavy atom. The smallest absolute Gasteiger partial charge is 0.338 e. The zero-order valence-corrected chi connectivity index (χ0v) is 17.4. The van der Waals surface area contributed by atoms with Crippen LogP contribution in [0.15, 0.2) is 42.5 Å². The average molecular weight is 373 g/mol. The third kappa shape index (κ3) is 6.70. The molecule has 0 amide bonds. The van der Waals surface area contributed by atoms with Gasteiger partial charge in [0.25, 0.3) is 0 Å². The lowest BCUT2D eigenvalue weighted by molar-refractivity contribution is -0.153. The number of carbonyl (C=O) groups is 2. The van der Waals surface area contributed by atoms with Crippen LogP contribution in [0.3, 0.4) is 0 Å². The fraction of sp³-hybridized carbons (Fsp3) is 0.478. The van der Waals surface area contributed by atoms with Crippen molar-refractivity contribution in [2.75, 3.05) is 13.2 Å². The molecule has 0 aliphatic heterocycles. The molecule has 148 valence electrons. The topological polar surface area (TPSA) is 52.6 Å². The summed E-state index contributed by atoms with van der Waals surface area (Å²) in [5, 5.41) is 0. The van der Waals surface area contributed by atoms with Crippen LogP contribution in [-0.4, -0.2) is 25.2 Å². The minimum absolute atomic E-state index is 0.0459. The molecule has 1 unspecified atom stereocenters. The lowest BCUT2D eigenvalue weighted by atomic mass is 9.78. The van der Waals surface area contributed by atoms with E-state index in [2.05, 4.69) is 6.92 Å². The minimum atomic E-state index is -0.424. The molecule has 0 bridgehead atoms. The van der Waals surface area contributed by atoms with Crippen LogP contribution < -0.4 is 0 Å². The van der Waals surface area contributed by atoms with Crippen LogP contribution in [0.2, 0.25) is 0 Å². The Kier molecular flexibility index (Phi) is 8.99. The van der Waals surface area contributed by atoms with Crippen LogP contribution in [0, 0.1) is 11.3 Å². The number of hydrogen-bond acceptors (Lipinski definition) is 4. The molecule has 4 heteroatoms. The van der Waals surface area contributed by atoms with Crippen LogP contribution in [0.5, 0.6) is 0 Å². The van der Waals surface area contributed by atoms with Gasteiger partial charge in [-0.05, 0) is 42.5 Å². The summed E-state index contributed by atoms with van der Waals surface area (Å²) in [6, 6.07) is 7.26. The molecule has 0 radical (unpaired) electrons. The molecule has 4 nitrogen and oxygen atoms in total. The fourth-order valence-electron chi connectivity index (χ4n) is 2.45. The summed E-state index contributed by atoms with van der Waals surface area (Å²) in [6.45, 7) is 12.0. The summed E-state index contributed by atoms with van der Waals surface area (Å²) < 4.78 is 10.4. The van der Waals surface area contributed by atoms with Crippen LogP contribution in [-0.2, 0) is 14.3 Å². The standard InChI is InChI=1S/C23H32O4/c1-7-10-18(8-2)19-11-13-20(14-12-19)22(25)27-16-15-26-21(24)17(4)23(5,6)9-3/h7-8,10-14,17H,9,15-16H2,1-6H3/b10-7-,18-8+. The van der Waals surface area contributed by atoms with Gasteiger partial charge < -0.3 is 9.47 Å². The summed E-state index contributed by atoms with van der Waals surface area (Å²) in [5.41, 5.74) is 2.48. The molecule has 0 heterocycles. The predicted molar refractivity (Wildman–Crippen MR) is 109 cm³/mol. The van der Waals surface area contributed by atoms with Gasteiger partial charge in [0.2, 0.25) is 0 Å². The number of ether oxygens (including phenoxy) is 2. The maximum Gasteiger partial charge on any atom is 0.338 e. The van der Waals surface area contributed by atoms with Crippen LogP contribution >= 0.6 is 0 Å². The molecular weight excluding hydrogens is 340 g/mol. The Labute approximate surface area is 163 Å². The van der Waals surface area contributed by atoms with E-state index in [1.807, 2.05) is 65.0 Å². The highest BCUT2D eigenvalue weighted by molar-refractivity contribution is 5.90. The SMILES string of the molecule is C/C=C\C(=C/C)c1ccc(C(=O)OCCOC(=O)C(C)C(C)(C)CC)cc1. The number of carbonyl (C=O) groups excluding carboxylic acids is 2.